The van der Waals surface area contributed by atoms with Gasteiger partial charge in [0.05, 0.1) is 17.6 Å². The maximum atomic E-state index is 12.4. The van der Waals surface area contributed by atoms with Gasteiger partial charge in [-0.15, -0.1) is 0 Å². The number of nitrogens with zero attached hydrogens (tertiary/aromatic N) is 4. The highest BCUT2D eigenvalue weighted by molar-refractivity contribution is 5.95. The number of rotatable bonds is 7. The Bertz CT molecular complexity index is 567. The summed E-state index contributed by atoms with van der Waals surface area (Å²) in [4.78, 5) is 24.6. The van der Waals surface area contributed by atoms with Crippen molar-refractivity contribution in [3.63, 3.8) is 0 Å². The van der Waals surface area contributed by atoms with Crippen molar-refractivity contribution < 1.29 is 4.79 Å². The molecule has 0 aliphatic heterocycles. The molecule has 0 saturated carbocycles. The van der Waals surface area contributed by atoms with Crippen molar-refractivity contribution in [2.75, 3.05) is 0 Å². The molecule has 6 heteroatoms. The molecule has 21 heavy (non-hydrogen) atoms. The quantitative estimate of drug-likeness (QED) is 0.843. The van der Waals surface area contributed by atoms with Crippen LogP contribution in [0.2, 0.25) is 0 Å². The summed E-state index contributed by atoms with van der Waals surface area (Å²) in [5, 5.41) is 3.05. The lowest BCUT2D eigenvalue weighted by molar-refractivity contribution is 0.0930. The Hall–Kier alpha value is -2.24. The van der Waals surface area contributed by atoms with E-state index < -0.39 is 0 Å². The number of carbonyl (C=O) groups excluding carboxylic acids is 1. The molecule has 1 N–H and O–H groups in total. The highest BCUT2D eigenvalue weighted by atomic mass is 16.1. The number of nitrogens with one attached hydrogen (secondary N) is 1. The second-order valence-corrected chi connectivity index (χ2v) is 4.97. The zero-order valence-electron chi connectivity index (χ0n) is 12.5. The first kappa shape index (κ1) is 15.2. The molecular weight excluding hydrogens is 266 g/mol. The summed E-state index contributed by atoms with van der Waals surface area (Å²) < 4.78 is 1.96. The van der Waals surface area contributed by atoms with Crippen LogP contribution in [0.1, 0.15) is 42.7 Å². The third-order valence-electron chi connectivity index (χ3n) is 3.34. The molecule has 2 aromatic heterocycles. The first-order valence-electron chi connectivity index (χ1n) is 7.30. The normalized spacial score (nSPS) is 12.1. The van der Waals surface area contributed by atoms with Gasteiger partial charge in [0.25, 0.3) is 5.91 Å². The molecule has 0 aromatic carbocycles. The second-order valence-electron chi connectivity index (χ2n) is 4.97. The summed E-state index contributed by atoms with van der Waals surface area (Å²) in [6.45, 7) is 4.83. The minimum atomic E-state index is -0.106. The Morgan fingerprint density at radius 2 is 2.24 bits per heavy atom. The van der Waals surface area contributed by atoms with Crippen LogP contribution in [-0.2, 0) is 13.0 Å². The number of aromatic nitrogens is 4. The van der Waals surface area contributed by atoms with Crippen LogP contribution in [0.4, 0.5) is 0 Å². The average Bonchev–Trinajstić information content (AvgIpc) is 3.00. The molecule has 0 bridgehead atoms. The maximum absolute atomic E-state index is 12.4. The van der Waals surface area contributed by atoms with Crippen molar-refractivity contribution in [2.45, 2.75) is 45.7 Å². The van der Waals surface area contributed by atoms with E-state index in [0.717, 1.165) is 25.0 Å². The van der Waals surface area contributed by atoms with E-state index in [2.05, 4.69) is 34.1 Å². The smallest absolute Gasteiger partial charge is 0.254 e. The molecule has 112 valence electrons. The van der Waals surface area contributed by atoms with Crippen LogP contribution in [0, 0.1) is 0 Å². The van der Waals surface area contributed by atoms with Crippen molar-refractivity contribution >= 4 is 5.91 Å². The predicted octanol–water partition coefficient (Wildman–Crippen LogP) is 1.83. The molecule has 0 radical (unpaired) electrons. The average molecular weight is 287 g/mol. The summed E-state index contributed by atoms with van der Waals surface area (Å²) in [6.07, 6.45) is 11.0. The van der Waals surface area contributed by atoms with Gasteiger partial charge in [0, 0.05) is 31.2 Å². The van der Waals surface area contributed by atoms with Crippen LogP contribution < -0.4 is 5.32 Å². The van der Waals surface area contributed by atoms with E-state index in [4.69, 9.17) is 0 Å². The summed E-state index contributed by atoms with van der Waals surface area (Å²) in [6, 6.07) is 0.0568. The van der Waals surface area contributed by atoms with E-state index in [-0.39, 0.29) is 11.9 Å². The van der Waals surface area contributed by atoms with E-state index in [0.29, 0.717) is 12.1 Å². The largest absolute Gasteiger partial charge is 0.347 e. The van der Waals surface area contributed by atoms with Gasteiger partial charge in [-0.3, -0.25) is 4.79 Å². The van der Waals surface area contributed by atoms with Crippen molar-refractivity contribution in [3.05, 3.63) is 42.5 Å². The minimum Gasteiger partial charge on any atom is -0.347 e. The number of amides is 1. The fourth-order valence-electron chi connectivity index (χ4n) is 2.17. The van der Waals surface area contributed by atoms with Crippen molar-refractivity contribution in [2.24, 2.45) is 0 Å². The second kappa shape index (κ2) is 7.52. The highest BCUT2D eigenvalue weighted by Crippen LogP contribution is 2.08. The summed E-state index contributed by atoms with van der Waals surface area (Å²) in [7, 11) is 0. The molecule has 1 amide bonds. The molecule has 0 aliphatic carbocycles. The van der Waals surface area contributed by atoms with E-state index in [1.807, 2.05) is 10.8 Å². The Balaban J connectivity index is 2.05. The fraction of sp³-hybridized carbons (Fsp3) is 0.467. The van der Waals surface area contributed by atoms with Crippen molar-refractivity contribution in [3.8, 4) is 0 Å². The molecule has 0 unspecified atom stereocenters. The van der Waals surface area contributed by atoms with Crippen LogP contribution >= 0.6 is 0 Å². The molecule has 2 rings (SSSR count). The molecular formula is C15H21N5O. The Labute approximate surface area is 124 Å². The third-order valence-corrected chi connectivity index (χ3v) is 3.34. The Kier molecular flexibility index (Phi) is 5.43. The van der Waals surface area contributed by atoms with E-state index in [1.165, 1.54) is 6.33 Å². The van der Waals surface area contributed by atoms with E-state index >= 15 is 0 Å². The molecule has 0 spiro atoms. The molecule has 6 nitrogen and oxygen atoms in total. The number of carbonyl (C=O) groups is 1. The lowest BCUT2D eigenvalue weighted by Gasteiger charge is -2.18. The summed E-state index contributed by atoms with van der Waals surface area (Å²) in [5.74, 6) is -0.106. The Morgan fingerprint density at radius 3 is 2.90 bits per heavy atom. The van der Waals surface area contributed by atoms with Gasteiger partial charge in [0.15, 0.2) is 0 Å². The number of aryl methyl sites for hydroxylation is 1. The molecule has 2 heterocycles. The van der Waals surface area contributed by atoms with Crippen LogP contribution in [-0.4, -0.2) is 31.5 Å². The van der Waals surface area contributed by atoms with E-state index in [9.17, 15) is 4.79 Å². The van der Waals surface area contributed by atoms with E-state index in [1.54, 1.807) is 18.7 Å². The lowest BCUT2D eigenvalue weighted by Crippen LogP contribution is -2.38. The number of imidazole rings is 1. The zero-order valence-corrected chi connectivity index (χ0v) is 12.5. The van der Waals surface area contributed by atoms with Gasteiger partial charge in [0.1, 0.15) is 6.33 Å². The van der Waals surface area contributed by atoms with Crippen LogP contribution in [0.15, 0.2) is 31.2 Å². The zero-order chi connectivity index (χ0) is 15.1. The van der Waals surface area contributed by atoms with Gasteiger partial charge >= 0.3 is 0 Å². The molecule has 2 aromatic rings. The van der Waals surface area contributed by atoms with Gasteiger partial charge < -0.3 is 9.88 Å². The maximum Gasteiger partial charge on any atom is 0.254 e. The van der Waals surface area contributed by atoms with Gasteiger partial charge in [-0.05, 0) is 12.8 Å². The summed E-state index contributed by atoms with van der Waals surface area (Å²) in [5.41, 5.74) is 1.38. The van der Waals surface area contributed by atoms with Crippen molar-refractivity contribution in [1.82, 2.24) is 24.8 Å². The SMILES string of the molecule is CCCc1ncncc1C(=O)N[C@H](CC)Cn1ccnc1. The number of hydrogen-bond acceptors (Lipinski definition) is 4. The monoisotopic (exact) mass is 287 g/mol. The predicted molar refractivity (Wildman–Crippen MR) is 79.8 cm³/mol. The first-order chi connectivity index (χ1) is 10.2. The standard InChI is InChI=1S/C15H21N5O/c1-3-5-14-13(8-17-10-18-14)15(21)19-12(4-2)9-20-7-6-16-11-20/h6-8,10-12H,3-5,9H2,1-2H3,(H,19,21)/t12-/m1/s1. The summed E-state index contributed by atoms with van der Waals surface area (Å²) >= 11 is 0. The highest BCUT2D eigenvalue weighted by Gasteiger charge is 2.16. The Morgan fingerprint density at radius 1 is 1.38 bits per heavy atom. The third kappa shape index (κ3) is 4.11. The van der Waals surface area contributed by atoms with Crippen LogP contribution in [0.3, 0.4) is 0 Å². The fourth-order valence-corrected chi connectivity index (χ4v) is 2.17. The molecule has 0 aliphatic rings. The van der Waals surface area contributed by atoms with Crippen molar-refractivity contribution in [1.29, 1.82) is 0 Å². The molecule has 1 atom stereocenters. The topological polar surface area (TPSA) is 72.7 Å². The minimum absolute atomic E-state index is 0.0568. The first-order valence-corrected chi connectivity index (χ1v) is 7.30. The van der Waals surface area contributed by atoms with Crippen LogP contribution in [0.25, 0.3) is 0 Å². The van der Waals surface area contributed by atoms with Crippen LogP contribution in [0.5, 0.6) is 0 Å². The van der Waals surface area contributed by atoms with Gasteiger partial charge in [-0.2, -0.15) is 0 Å². The lowest BCUT2D eigenvalue weighted by atomic mass is 10.1. The molecule has 0 fully saturated rings. The van der Waals surface area contributed by atoms with Gasteiger partial charge in [0.2, 0.25) is 0 Å². The van der Waals surface area contributed by atoms with Gasteiger partial charge in [-0.1, -0.05) is 20.3 Å². The number of hydrogen-bond donors (Lipinski definition) is 1. The van der Waals surface area contributed by atoms with Gasteiger partial charge in [-0.25, -0.2) is 15.0 Å². The molecule has 0 saturated heterocycles.